The lowest BCUT2D eigenvalue weighted by Gasteiger charge is -2.26. The van der Waals surface area contributed by atoms with Crippen LogP contribution in [0.2, 0.25) is 0 Å². The summed E-state index contributed by atoms with van der Waals surface area (Å²) >= 11 is 0. The van der Waals surface area contributed by atoms with Crippen LogP contribution in [0.3, 0.4) is 0 Å². The average molecular weight is 508 g/mol. The number of aliphatic hydroxyl groups is 2. The summed E-state index contributed by atoms with van der Waals surface area (Å²) in [6.45, 7) is -0.746. The van der Waals surface area contributed by atoms with Gasteiger partial charge >= 0.3 is 23.9 Å². The fraction of sp³-hybridized carbons (Fsp3) is 0.500. The van der Waals surface area contributed by atoms with Gasteiger partial charge in [-0.15, -0.1) is 0 Å². The molecule has 0 atom stereocenters. The Morgan fingerprint density at radius 1 is 0.639 bits per heavy atom. The van der Waals surface area contributed by atoms with Crippen molar-refractivity contribution in [3.63, 3.8) is 0 Å². The summed E-state index contributed by atoms with van der Waals surface area (Å²) in [6.07, 6.45) is 3.54. The fourth-order valence-corrected chi connectivity index (χ4v) is 3.58. The van der Waals surface area contributed by atoms with E-state index in [9.17, 15) is 24.3 Å². The van der Waals surface area contributed by atoms with Gasteiger partial charge in [0.2, 0.25) is 23.0 Å². The van der Waals surface area contributed by atoms with E-state index in [-0.39, 0.29) is 68.6 Å². The highest BCUT2D eigenvalue weighted by atomic mass is 16.6. The maximum Gasteiger partial charge on any atom is 0.374 e. The van der Waals surface area contributed by atoms with Gasteiger partial charge in [0.25, 0.3) is 0 Å². The maximum atomic E-state index is 12.2. The summed E-state index contributed by atoms with van der Waals surface area (Å²) in [7, 11) is 0. The molecule has 1 aliphatic carbocycles. The van der Waals surface area contributed by atoms with E-state index >= 15 is 0 Å². The number of aliphatic hydroxyl groups excluding tert-OH is 2. The lowest BCUT2D eigenvalue weighted by Crippen LogP contribution is -2.22. The highest BCUT2D eigenvalue weighted by Crippen LogP contribution is 2.28. The third-order valence-corrected chi connectivity index (χ3v) is 5.57. The molecule has 1 aliphatic rings. The van der Waals surface area contributed by atoms with Gasteiger partial charge < -0.3 is 38.0 Å². The Hall–Kier alpha value is -3.64. The van der Waals surface area contributed by atoms with E-state index in [4.69, 9.17) is 28.2 Å². The molecule has 12 nitrogen and oxygen atoms in total. The monoisotopic (exact) mass is 508 g/mol. The summed E-state index contributed by atoms with van der Waals surface area (Å²) in [5, 5.41) is 17.8. The first-order valence-electron chi connectivity index (χ1n) is 11.5. The van der Waals surface area contributed by atoms with Crippen LogP contribution in [0.15, 0.2) is 33.1 Å². The fourth-order valence-electron chi connectivity index (χ4n) is 3.58. The standard InChI is InChI=1S/C24H28O12/c25-9-10-31-21(27)17-5-6-18(35-17)22(28)32-11-12-33-23(29)19-7-8-20(36-19)24(30)34-14-16-3-1-15(13-26)2-4-16/h5-8,15-16,25-26H,1-4,9-14H2. The van der Waals surface area contributed by atoms with Crippen LogP contribution in [0.5, 0.6) is 0 Å². The summed E-state index contributed by atoms with van der Waals surface area (Å²) in [5.41, 5.74) is 0. The Balaban J connectivity index is 1.36. The zero-order chi connectivity index (χ0) is 25.9. The van der Waals surface area contributed by atoms with E-state index in [0.29, 0.717) is 5.92 Å². The second kappa shape index (κ2) is 13.4. The van der Waals surface area contributed by atoms with Crippen molar-refractivity contribution in [2.24, 2.45) is 11.8 Å². The Bertz CT molecular complexity index is 1030. The third kappa shape index (κ3) is 7.68. The molecular weight excluding hydrogens is 480 g/mol. The van der Waals surface area contributed by atoms with Crippen LogP contribution < -0.4 is 0 Å². The number of rotatable bonds is 12. The van der Waals surface area contributed by atoms with Gasteiger partial charge in [-0.3, -0.25) is 0 Å². The molecule has 12 heteroatoms. The number of esters is 4. The average Bonchev–Trinajstić information content (AvgIpc) is 3.59. The minimum Gasteiger partial charge on any atom is -0.460 e. The van der Waals surface area contributed by atoms with Gasteiger partial charge in [0.15, 0.2) is 0 Å². The molecule has 0 spiro atoms. The van der Waals surface area contributed by atoms with E-state index in [0.717, 1.165) is 25.7 Å². The number of ether oxygens (including phenoxy) is 4. The Kier molecular flexibility index (Phi) is 10.1. The first kappa shape index (κ1) is 27.0. The van der Waals surface area contributed by atoms with Crippen LogP contribution in [0.1, 0.15) is 67.9 Å². The van der Waals surface area contributed by atoms with E-state index in [1.807, 2.05) is 0 Å². The zero-order valence-corrected chi connectivity index (χ0v) is 19.5. The highest BCUT2D eigenvalue weighted by Gasteiger charge is 2.24. The molecule has 1 saturated carbocycles. The van der Waals surface area contributed by atoms with Crippen molar-refractivity contribution in [1.82, 2.24) is 0 Å². The smallest absolute Gasteiger partial charge is 0.374 e. The van der Waals surface area contributed by atoms with E-state index in [2.05, 4.69) is 4.74 Å². The van der Waals surface area contributed by atoms with Gasteiger partial charge in [0.1, 0.15) is 19.8 Å². The van der Waals surface area contributed by atoms with E-state index < -0.39 is 23.9 Å². The molecular formula is C24H28O12. The van der Waals surface area contributed by atoms with Crippen LogP contribution in [-0.2, 0) is 18.9 Å². The molecule has 0 saturated heterocycles. The number of furan rings is 2. The second-order valence-corrected chi connectivity index (χ2v) is 8.13. The zero-order valence-electron chi connectivity index (χ0n) is 19.5. The molecule has 2 heterocycles. The molecule has 0 bridgehead atoms. The molecule has 0 radical (unpaired) electrons. The van der Waals surface area contributed by atoms with Crippen molar-refractivity contribution in [2.75, 3.05) is 39.6 Å². The number of carbonyl (C=O) groups excluding carboxylic acids is 4. The topological polar surface area (TPSA) is 172 Å². The van der Waals surface area contributed by atoms with Crippen LogP contribution >= 0.6 is 0 Å². The summed E-state index contributed by atoms with van der Waals surface area (Å²) in [4.78, 5) is 47.9. The lowest BCUT2D eigenvalue weighted by molar-refractivity contribution is 0.0217. The molecule has 36 heavy (non-hydrogen) atoms. The summed E-state index contributed by atoms with van der Waals surface area (Å²) in [5.74, 6) is -3.58. The van der Waals surface area contributed by atoms with Gasteiger partial charge in [0, 0.05) is 6.61 Å². The summed E-state index contributed by atoms with van der Waals surface area (Å²) < 4.78 is 30.1. The largest absolute Gasteiger partial charge is 0.460 e. The molecule has 2 aromatic heterocycles. The molecule has 2 N–H and O–H groups in total. The van der Waals surface area contributed by atoms with Gasteiger partial charge in [-0.1, -0.05) is 0 Å². The van der Waals surface area contributed by atoms with Crippen molar-refractivity contribution in [3.05, 3.63) is 47.3 Å². The van der Waals surface area contributed by atoms with Crippen LogP contribution in [0.25, 0.3) is 0 Å². The number of hydrogen-bond donors (Lipinski definition) is 2. The van der Waals surface area contributed by atoms with Crippen LogP contribution in [0, 0.1) is 11.8 Å². The van der Waals surface area contributed by atoms with Crippen molar-refractivity contribution in [1.29, 1.82) is 0 Å². The van der Waals surface area contributed by atoms with Crippen molar-refractivity contribution in [3.8, 4) is 0 Å². The molecule has 2 aromatic rings. The quantitative estimate of drug-likeness (QED) is 0.243. The normalized spacial score (nSPS) is 17.3. The predicted octanol–water partition coefficient (Wildman–Crippen LogP) is 1.99. The number of carbonyl (C=O) groups is 4. The molecule has 0 amide bonds. The Morgan fingerprint density at radius 2 is 1.03 bits per heavy atom. The molecule has 0 aliphatic heterocycles. The first-order valence-corrected chi connectivity index (χ1v) is 11.5. The Morgan fingerprint density at radius 3 is 1.44 bits per heavy atom. The molecule has 0 aromatic carbocycles. The van der Waals surface area contributed by atoms with Gasteiger partial charge in [-0.05, 0) is 61.8 Å². The minimum absolute atomic E-state index is 0.136. The van der Waals surface area contributed by atoms with Crippen molar-refractivity contribution >= 4 is 23.9 Å². The first-order chi connectivity index (χ1) is 17.4. The molecule has 0 unspecified atom stereocenters. The molecule has 1 fully saturated rings. The predicted molar refractivity (Wildman–Crippen MR) is 118 cm³/mol. The van der Waals surface area contributed by atoms with Crippen molar-refractivity contribution in [2.45, 2.75) is 25.7 Å². The molecule has 3 rings (SSSR count). The van der Waals surface area contributed by atoms with E-state index in [1.54, 1.807) is 0 Å². The van der Waals surface area contributed by atoms with Crippen LogP contribution in [0.4, 0.5) is 0 Å². The van der Waals surface area contributed by atoms with Gasteiger partial charge in [-0.2, -0.15) is 0 Å². The molecule has 196 valence electrons. The highest BCUT2D eigenvalue weighted by molar-refractivity contribution is 5.91. The Labute approximate surface area is 206 Å². The van der Waals surface area contributed by atoms with E-state index in [1.165, 1.54) is 24.3 Å². The lowest BCUT2D eigenvalue weighted by atomic mass is 9.83. The van der Waals surface area contributed by atoms with Gasteiger partial charge in [-0.25, -0.2) is 19.2 Å². The SMILES string of the molecule is O=C(OCCO)c1ccc(C(=O)OCCOC(=O)c2ccc(C(=O)OCC3CCC(CO)CC3)o2)o1. The maximum absolute atomic E-state index is 12.2. The minimum atomic E-state index is -0.889. The second-order valence-electron chi connectivity index (χ2n) is 8.13. The van der Waals surface area contributed by atoms with Crippen LogP contribution in [-0.4, -0.2) is 73.7 Å². The summed E-state index contributed by atoms with van der Waals surface area (Å²) in [6, 6.07) is 5.02. The van der Waals surface area contributed by atoms with Crippen molar-refractivity contribution < 1.29 is 57.2 Å². The number of hydrogen-bond acceptors (Lipinski definition) is 12. The third-order valence-electron chi connectivity index (χ3n) is 5.57. The van der Waals surface area contributed by atoms with Gasteiger partial charge in [0.05, 0.1) is 13.2 Å².